The molecule has 0 atom stereocenters. The Bertz CT molecular complexity index is 867. The van der Waals surface area contributed by atoms with Gasteiger partial charge in [0.05, 0.1) is 5.56 Å². The smallest absolute Gasteiger partial charge is 0.416 e. The van der Waals surface area contributed by atoms with Gasteiger partial charge in [-0.05, 0) is 44.2 Å². The molecule has 0 aliphatic carbocycles. The van der Waals surface area contributed by atoms with Crippen molar-refractivity contribution in [1.29, 1.82) is 0 Å². The maximum atomic E-state index is 13.5. The molecule has 0 spiro atoms. The lowest BCUT2D eigenvalue weighted by atomic mass is 10.0. The average Bonchev–Trinajstić information content (AvgIpc) is 2.56. The van der Waals surface area contributed by atoms with Crippen molar-refractivity contribution in [2.75, 3.05) is 11.4 Å². The van der Waals surface area contributed by atoms with Crippen LogP contribution in [0, 0.1) is 23.5 Å². The SMILES string of the molecule is CC1(C)CCN(c2ccc(C#Cc3cc(F)ccc3F)cn2)C(=O)O1. The third kappa shape index (κ3) is 3.94. The topological polar surface area (TPSA) is 42.4 Å². The summed E-state index contributed by atoms with van der Waals surface area (Å²) in [5.74, 6) is 4.63. The number of ether oxygens (including phenoxy) is 1. The van der Waals surface area contributed by atoms with Gasteiger partial charge in [0.1, 0.15) is 23.1 Å². The Hall–Kier alpha value is -2.94. The van der Waals surface area contributed by atoms with Crippen LogP contribution in [-0.2, 0) is 4.74 Å². The average molecular weight is 342 g/mol. The summed E-state index contributed by atoms with van der Waals surface area (Å²) in [5, 5.41) is 0. The quantitative estimate of drug-likeness (QED) is 0.739. The van der Waals surface area contributed by atoms with Crippen LogP contribution in [0.3, 0.4) is 0 Å². The molecule has 0 unspecified atom stereocenters. The lowest BCUT2D eigenvalue weighted by Gasteiger charge is -2.35. The molecule has 1 aliphatic heterocycles. The van der Waals surface area contributed by atoms with E-state index in [1.807, 2.05) is 13.8 Å². The highest BCUT2D eigenvalue weighted by Gasteiger charge is 2.33. The molecular formula is C19H16F2N2O2. The zero-order valence-corrected chi connectivity index (χ0v) is 13.8. The summed E-state index contributed by atoms with van der Waals surface area (Å²) in [5.41, 5.74) is 0.0256. The lowest BCUT2D eigenvalue weighted by molar-refractivity contribution is 0.0234. The molecule has 1 saturated heterocycles. The number of carbonyl (C=O) groups is 1. The molecule has 0 N–H and O–H groups in total. The van der Waals surface area contributed by atoms with E-state index in [2.05, 4.69) is 16.8 Å². The minimum absolute atomic E-state index is 0.0223. The lowest BCUT2D eigenvalue weighted by Crippen LogP contribution is -2.47. The molecule has 1 amide bonds. The van der Waals surface area contributed by atoms with E-state index in [9.17, 15) is 13.6 Å². The molecular weight excluding hydrogens is 326 g/mol. The maximum Gasteiger partial charge on any atom is 0.416 e. The number of amides is 1. The summed E-state index contributed by atoms with van der Waals surface area (Å²) in [6.45, 7) is 4.23. The fourth-order valence-corrected chi connectivity index (χ4v) is 2.38. The Balaban J connectivity index is 1.77. The Morgan fingerprint density at radius 3 is 2.68 bits per heavy atom. The molecule has 1 aliphatic rings. The van der Waals surface area contributed by atoms with E-state index in [0.29, 0.717) is 24.3 Å². The van der Waals surface area contributed by atoms with Gasteiger partial charge in [0.25, 0.3) is 0 Å². The van der Waals surface area contributed by atoms with Crippen LogP contribution in [0.4, 0.5) is 19.4 Å². The van der Waals surface area contributed by atoms with Crippen LogP contribution in [0.25, 0.3) is 0 Å². The Kier molecular flexibility index (Phi) is 4.41. The number of benzene rings is 1. The summed E-state index contributed by atoms with van der Waals surface area (Å²) < 4.78 is 32.0. The van der Waals surface area contributed by atoms with Crippen molar-refractivity contribution in [3.05, 3.63) is 59.3 Å². The van der Waals surface area contributed by atoms with Crippen LogP contribution in [0.1, 0.15) is 31.4 Å². The molecule has 0 radical (unpaired) electrons. The second-order valence-corrected chi connectivity index (χ2v) is 6.31. The third-order valence-corrected chi connectivity index (χ3v) is 3.82. The van der Waals surface area contributed by atoms with Crippen LogP contribution in [0.15, 0.2) is 36.5 Å². The van der Waals surface area contributed by atoms with Crippen LogP contribution in [-0.4, -0.2) is 23.2 Å². The monoisotopic (exact) mass is 342 g/mol. The number of anilines is 1. The highest BCUT2D eigenvalue weighted by molar-refractivity contribution is 5.87. The van der Waals surface area contributed by atoms with Gasteiger partial charge in [-0.2, -0.15) is 0 Å². The highest BCUT2D eigenvalue weighted by Crippen LogP contribution is 2.25. The van der Waals surface area contributed by atoms with Gasteiger partial charge in [-0.15, -0.1) is 0 Å². The number of nitrogens with zero attached hydrogens (tertiary/aromatic N) is 2. The molecule has 25 heavy (non-hydrogen) atoms. The fourth-order valence-electron chi connectivity index (χ4n) is 2.38. The largest absolute Gasteiger partial charge is 0.443 e. The van der Waals surface area contributed by atoms with E-state index in [-0.39, 0.29) is 5.56 Å². The fraction of sp³-hybridized carbons (Fsp3) is 0.263. The number of carbonyl (C=O) groups excluding carboxylic acids is 1. The first-order valence-corrected chi connectivity index (χ1v) is 7.78. The molecule has 2 aromatic rings. The van der Waals surface area contributed by atoms with Crippen molar-refractivity contribution in [1.82, 2.24) is 4.98 Å². The molecule has 1 aromatic heterocycles. The number of aromatic nitrogens is 1. The normalized spacial score (nSPS) is 16.0. The van der Waals surface area contributed by atoms with Crippen molar-refractivity contribution in [2.24, 2.45) is 0 Å². The van der Waals surface area contributed by atoms with Gasteiger partial charge >= 0.3 is 6.09 Å². The van der Waals surface area contributed by atoms with Gasteiger partial charge in [0.2, 0.25) is 0 Å². The Morgan fingerprint density at radius 2 is 2.00 bits per heavy atom. The van der Waals surface area contributed by atoms with Gasteiger partial charge in [0.15, 0.2) is 0 Å². The predicted molar refractivity (Wildman–Crippen MR) is 89.1 cm³/mol. The predicted octanol–water partition coefficient (Wildman–Crippen LogP) is 3.88. The van der Waals surface area contributed by atoms with E-state index < -0.39 is 23.3 Å². The number of cyclic esters (lactones) is 1. The first-order chi connectivity index (χ1) is 11.8. The molecule has 0 bridgehead atoms. The van der Waals surface area contributed by atoms with Crippen LogP contribution < -0.4 is 4.90 Å². The number of pyridine rings is 1. The van der Waals surface area contributed by atoms with Gasteiger partial charge in [-0.3, -0.25) is 4.90 Å². The van der Waals surface area contributed by atoms with Crippen molar-refractivity contribution in [2.45, 2.75) is 25.9 Å². The van der Waals surface area contributed by atoms with Crippen LogP contribution >= 0.6 is 0 Å². The number of hydrogen-bond donors (Lipinski definition) is 0. The van der Waals surface area contributed by atoms with Crippen molar-refractivity contribution in [3.63, 3.8) is 0 Å². The van der Waals surface area contributed by atoms with E-state index in [4.69, 9.17) is 4.74 Å². The van der Waals surface area contributed by atoms with Crippen LogP contribution in [0.2, 0.25) is 0 Å². The second-order valence-electron chi connectivity index (χ2n) is 6.31. The van der Waals surface area contributed by atoms with Gasteiger partial charge < -0.3 is 4.74 Å². The first-order valence-electron chi connectivity index (χ1n) is 7.78. The van der Waals surface area contributed by atoms with E-state index in [0.717, 1.165) is 18.2 Å². The van der Waals surface area contributed by atoms with E-state index in [1.54, 1.807) is 12.1 Å². The minimum Gasteiger partial charge on any atom is -0.443 e. The summed E-state index contributed by atoms with van der Waals surface area (Å²) >= 11 is 0. The molecule has 1 fully saturated rings. The summed E-state index contributed by atoms with van der Waals surface area (Å²) in [4.78, 5) is 17.7. The van der Waals surface area contributed by atoms with E-state index in [1.165, 1.54) is 11.1 Å². The standard InChI is InChI=1S/C19H16F2N2O2/c1-19(2)9-10-23(18(24)25-19)17-8-4-13(12-22-17)3-5-14-11-15(20)6-7-16(14)21/h4,6-8,11-12H,9-10H2,1-2H3. The minimum atomic E-state index is -0.586. The van der Waals surface area contributed by atoms with Crippen LogP contribution in [0.5, 0.6) is 0 Å². The van der Waals surface area contributed by atoms with Gasteiger partial charge in [0, 0.05) is 24.7 Å². The molecule has 128 valence electrons. The highest BCUT2D eigenvalue weighted by atomic mass is 19.1. The summed E-state index contributed by atoms with van der Waals surface area (Å²) in [6.07, 6.45) is 1.73. The van der Waals surface area contributed by atoms with Crippen molar-refractivity contribution >= 4 is 11.9 Å². The Morgan fingerprint density at radius 1 is 1.20 bits per heavy atom. The van der Waals surface area contributed by atoms with Crippen molar-refractivity contribution in [3.8, 4) is 11.8 Å². The zero-order valence-electron chi connectivity index (χ0n) is 13.8. The number of rotatable bonds is 1. The zero-order chi connectivity index (χ0) is 18.0. The van der Waals surface area contributed by atoms with E-state index >= 15 is 0 Å². The number of hydrogen-bond acceptors (Lipinski definition) is 3. The molecule has 2 heterocycles. The molecule has 0 saturated carbocycles. The Labute approximate surface area is 144 Å². The summed E-state index contributed by atoms with van der Waals surface area (Å²) in [6, 6.07) is 6.42. The molecule has 1 aromatic carbocycles. The third-order valence-electron chi connectivity index (χ3n) is 3.82. The molecule has 3 rings (SSSR count). The van der Waals surface area contributed by atoms with Gasteiger partial charge in [-0.1, -0.05) is 11.8 Å². The van der Waals surface area contributed by atoms with Gasteiger partial charge in [-0.25, -0.2) is 18.6 Å². The second kappa shape index (κ2) is 6.52. The maximum absolute atomic E-state index is 13.5. The molecule has 4 nitrogen and oxygen atoms in total. The van der Waals surface area contributed by atoms with Crippen molar-refractivity contribution < 1.29 is 18.3 Å². The summed E-state index contributed by atoms with van der Waals surface area (Å²) in [7, 11) is 0. The molecule has 6 heteroatoms. The first kappa shape index (κ1) is 16.9. The number of halogens is 2.